The van der Waals surface area contributed by atoms with Crippen LogP contribution in [0.3, 0.4) is 0 Å². The van der Waals surface area contributed by atoms with Crippen LogP contribution in [0.4, 0.5) is 0 Å². The van der Waals surface area contributed by atoms with E-state index in [0.717, 1.165) is 45.3 Å². The fraction of sp³-hybridized carbons (Fsp3) is 0.185. The molecule has 1 heterocycles. The molecule has 0 saturated heterocycles. The number of nitrogens with zero attached hydrogens (tertiary/aromatic N) is 1. The Morgan fingerprint density at radius 2 is 1.77 bits per heavy atom. The lowest BCUT2D eigenvalue weighted by Gasteiger charge is -2.14. The Balaban J connectivity index is 1.68. The van der Waals surface area contributed by atoms with Crippen LogP contribution < -0.4 is 10.1 Å². The summed E-state index contributed by atoms with van der Waals surface area (Å²) in [6.45, 7) is 3.23. The molecule has 0 aliphatic rings. The largest absolute Gasteiger partial charge is 0.489 e. The van der Waals surface area contributed by atoms with E-state index >= 15 is 0 Å². The molecular formula is C27H26N2O2. The number of benzene rings is 3. The topological polar surface area (TPSA) is 51.2 Å². The minimum atomic E-state index is 0.0108. The number of fused-ring (bicyclic) bond motifs is 1. The van der Waals surface area contributed by atoms with Crippen LogP contribution in [0.2, 0.25) is 0 Å². The van der Waals surface area contributed by atoms with Crippen molar-refractivity contribution in [3.8, 4) is 16.9 Å². The van der Waals surface area contributed by atoms with Gasteiger partial charge in [-0.2, -0.15) is 0 Å². The van der Waals surface area contributed by atoms with Gasteiger partial charge in [0.25, 0.3) is 0 Å². The first kappa shape index (κ1) is 20.6. The maximum absolute atomic E-state index is 12.5. The Kier molecular flexibility index (Phi) is 6.58. The molecule has 0 aliphatic heterocycles. The highest BCUT2D eigenvalue weighted by molar-refractivity contribution is 5.97. The average Bonchev–Trinajstić information content (AvgIpc) is 2.82. The van der Waals surface area contributed by atoms with Gasteiger partial charge in [-0.1, -0.05) is 67.6 Å². The number of rotatable bonds is 8. The van der Waals surface area contributed by atoms with E-state index in [1.807, 2.05) is 79.9 Å². The molecule has 0 unspecified atom stereocenters. The minimum Gasteiger partial charge on any atom is -0.489 e. The third kappa shape index (κ3) is 5.10. The second kappa shape index (κ2) is 9.90. The zero-order valence-corrected chi connectivity index (χ0v) is 17.7. The van der Waals surface area contributed by atoms with E-state index in [1.165, 1.54) is 0 Å². The van der Waals surface area contributed by atoms with Gasteiger partial charge < -0.3 is 10.1 Å². The summed E-state index contributed by atoms with van der Waals surface area (Å²) in [6.07, 6.45) is 3.03. The van der Waals surface area contributed by atoms with Gasteiger partial charge in [0.2, 0.25) is 5.91 Å². The van der Waals surface area contributed by atoms with E-state index in [1.54, 1.807) is 0 Å². The molecule has 0 fully saturated rings. The second-order valence-corrected chi connectivity index (χ2v) is 7.50. The summed E-state index contributed by atoms with van der Waals surface area (Å²) in [6, 6.07) is 26.2. The number of aromatic nitrogens is 1. The molecule has 4 rings (SSSR count). The molecular weight excluding hydrogens is 384 g/mol. The van der Waals surface area contributed by atoms with Crippen molar-refractivity contribution in [2.24, 2.45) is 0 Å². The molecule has 4 heteroatoms. The molecule has 1 N–H and O–H groups in total. The van der Waals surface area contributed by atoms with E-state index in [9.17, 15) is 4.79 Å². The lowest BCUT2D eigenvalue weighted by atomic mass is 9.94. The molecule has 4 aromatic rings. The Bertz CT molecular complexity index is 1170. The first-order valence-electron chi connectivity index (χ1n) is 10.6. The molecule has 1 amide bonds. The number of carbonyl (C=O) groups excluding carboxylic acids is 1. The minimum absolute atomic E-state index is 0.0108. The average molecular weight is 411 g/mol. The molecule has 0 saturated carbocycles. The number of carbonyl (C=O) groups is 1. The molecule has 1 aromatic heterocycles. The number of ether oxygens (including phenoxy) is 1. The number of hydrogen-bond donors (Lipinski definition) is 1. The fourth-order valence-corrected chi connectivity index (χ4v) is 3.64. The van der Waals surface area contributed by atoms with Crippen LogP contribution in [-0.4, -0.2) is 17.4 Å². The van der Waals surface area contributed by atoms with Gasteiger partial charge in [0.05, 0.1) is 11.9 Å². The summed E-state index contributed by atoms with van der Waals surface area (Å²) in [5.41, 5.74) is 4.98. The van der Waals surface area contributed by atoms with Crippen molar-refractivity contribution in [1.29, 1.82) is 0 Å². The van der Waals surface area contributed by atoms with Crippen LogP contribution in [0.25, 0.3) is 22.0 Å². The summed E-state index contributed by atoms with van der Waals surface area (Å²) >= 11 is 0. The number of hydrogen-bond acceptors (Lipinski definition) is 3. The van der Waals surface area contributed by atoms with Crippen molar-refractivity contribution in [1.82, 2.24) is 10.3 Å². The third-order valence-corrected chi connectivity index (χ3v) is 5.15. The van der Waals surface area contributed by atoms with Crippen molar-refractivity contribution >= 4 is 16.8 Å². The molecule has 156 valence electrons. The number of para-hydroxylation sites is 1. The molecule has 0 spiro atoms. The SMILES string of the molecule is CCCNC(=O)Cc1cnc2ccccc2c1-c1cccc(OCc2ccccc2)c1. The van der Waals surface area contributed by atoms with E-state index in [-0.39, 0.29) is 5.91 Å². The van der Waals surface area contributed by atoms with Crippen LogP contribution in [0.5, 0.6) is 5.75 Å². The molecule has 31 heavy (non-hydrogen) atoms. The fourth-order valence-electron chi connectivity index (χ4n) is 3.64. The van der Waals surface area contributed by atoms with Crippen LogP contribution in [0.1, 0.15) is 24.5 Å². The van der Waals surface area contributed by atoms with Gasteiger partial charge in [0.1, 0.15) is 12.4 Å². The molecule has 0 aliphatic carbocycles. The second-order valence-electron chi connectivity index (χ2n) is 7.50. The monoisotopic (exact) mass is 410 g/mol. The zero-order valence-electron chi connectivity index (χ0n) is 17.7. The molecule has 0 bridgehead atoms. The predicted octanol–water partition coefficient (Wildman–Crippen LogP) is 5.55. The van der Waals surface area contributed by atoms with Gasteiger partial charge in [-0.05, 0) is 46.9 Å². The highest BCUT2D eigenvalue weighted by atomic mass is 16.5. The predicted molar refractivity (Wildman–Crippen MR) is 125 cm³/mol. The summed E-state index contributed by atoms with van der Waals surface area (Å²) in [4.78, 5) is 17.0. The van der Waals surface area contributed by atoms with Gasteiger partial charge in [0, 0.05) is 18.1 Å². The summed E-state index contributed by atoms with van der Waals surface area (Å²) < 4.78 is 6.05. The van der Waals surface area contributed by atoms with E-state index < -0.39 is 0 Å². The van der Waals surface area contributed by atoms with Gasteiger partial charge in [-0.15, -0.1) is 0 Å². The first-order valence-corrected chi connectivity index (χ1v) is 10.6. The number of nitrogens with one attached hydrogen (secondary N) is 1. The van der Waals surface area contributed by atoms with Crippen molar-refractivity contribution in [3.63, 3.8) is 0 Å². The van der Waals surface area contributed by atoms with Crippen molar-refractivity contribution in [3.05, 3.63) is 96.2 Å². The maximum atomic E-state index is 12.5. The molecule has 4 nitrogen and oxygen atoms in total. The van der Waals surface area contributed by atoms with Gasteiger partial charge >= 0.3 is 0 Å². The molecule has 3 aromatic carbocycles. The van der Waals surface area contributed by atoms with E-state index in [4.69, 9.17) is 4.74 Å². The van der Waals surface area contributed by atoms with Crippen molar-refractivity contribution < 1.29 is 9.53 Å². The Labute approximate surface area is 182 Å². The quantitative estimate of drug-likeness (QED) is 0.414. The van der Waals surface area contributed by atoms with Gasteiger partial charge in [-0.25, -0.2) is 0 Å². The third-order valence-electron chi connectivity index (χ3n) is 5.15. The van der Waals surface area contributed by atoms with Crippen LogP contribution >= 0.6 is 0 Å². The highest BCUT2D eigenvalue weighted by Gasteiger charge is 2.14. The van der Waals surface area contributed by atoms with E-state index in [0.29, 0.717) is 19.6 Å². The lowest BCUT2D eigenvalue weighted by Crippen LogP contribution is -2.26. The normalized spacial score (nSPS) is 10.7. The molecule has 0 radical (unpaired) electrons. The standard InChI is InChI=1S/C27H26N2O2/c1-2-15-28-26(30)17-22-18-29-25-14-7-6-13-24(25)27(22)21-11-8-12-23(16-21)31-19-20-9-4-3-5-10-20/h3-14,16,18H,2,15,17,19H2,1H3,(H,28,30). The van der Waals surface area contributed by atoms with Gasteiger partial charge in [-0.3, -0.25) is 9.78 Å². The zero-order chi connectivity index (χ0) is 21.5. The lowest BCUT2D eigenvalue weighted by molar-refractivity contribution is -0.120. The van der Waals surface area contributed by atoms with Crippen molar-refractivity contribution in [2.75, 3.05) is 6.54 Å². The van der Waals surface area contributed by atoms with Crippen LogP contribution in [0, 0.1) is 0 Å². The number of amides is 1. The summed E-state index contributed by atoms with van der Waals surface area (Å²) in [5.74, 6) is 0.806. The van der Waals surface area contributed by atoms with E-state index in [2.05, 4.69) is 22.4 Å². The van der Waals surface area contributed by atoms with Crippen LogP contribution in [0.15, 0.2) is 85.1 Å². The Hall–Kier alpha value is -3.66. The highest BCUT2D eigenvalue weighted by Crippen LogP contribution is 2.33. The summed E-state index contributed by atoms with van der Waals surface area (Å²) in [7, 11) is 0. The first-order chi connectivity index (χ1) is 15.2. The maximum Gasteiger partial charge on any atom is 0.224 e. The Morgan fingerprint density at radius 1 is 0.968 bits per heavy atom. The molecule has 0 atom stereocenters. The number of pyridine rings is 1. The Morgan fingerprint density at radius 3 is 2.61 bits per heavy atom. The van der Waals surface area contributed by atoms with Gasteiger partial charge in [0.15, 0.2) is 0 Å². The summed E-state index contributed by atoms with van der Waals surface area (Å²) in [5, 5.41) is 4.00. The smallest absolute Gasteiger partial charge is 0.224 e. The van der Waals surface area contributed by atoms with Crippen molar-refractivity contribution in [2.45, 2.75) is 26.4 Å². The van der Waals surface area contributed by atoms with Crippen LogP contribution in [-0.2, 0) is 17.8 Å².